The third-order valence-corrected chi connectivity index (χ3v) is 2.80. The Kier molecular flexibility index (Phi) is 1.85. The van der Waals surface area contributed by atoms with E-state index in [9.17, 15) is 0 Å². The highest BCUT2D eigenvalue weighted by Gasteiger charge is 2.20. The zero-order valence-electron chi connectivity index (χ0n) is 7.10. The molecule has 1 atom stereocenters. The van der Waals surface area contributed by atoms with Crippen molar-refractivity contribution in [3.05, 3.63) is 33.8 Å². The molecule has 12 heavy (non-hydrogen) atoms. The van der Waals surface area contributed by atoms with E-state index in [-0.39, 0.29) is 6.04 Å². The van der Waals surface area contributed by atoms with Crippen molar-refractivity contribution in [3.63, 3.8) is 0 Å². The molecule has 0 saturated heterocycles. The highest BCUT2D eigenvalue weighted by molar-refractivity contribution is 6.30. The van der Waals surface area contributed by atoms with Crippen LogP contribution in [0.4, 0.5) is 0 Å². The van der Waals surface area contributed by atoms with Crippen LogP contribution in [0, 0.1) is 6.92 Å². The van der Waals surface area contributed by atoms with Gasteiger partial charge in [0.25, 0.3) is 0 Å². The Hall–Kier alpha value is -0.530. The fraction of sp³-hybridized carbons (Fsp3) is 0.400. The Morgan fingerprint density at radius 2 is 2.25 bits per heavy atom. The van der Waals surface area contributed by atoms with Crippen molar-refractivity contribution in [2.24, 2.45) is 5.73 Å². The standard InChI is InChI=1S/C10H12ClN/c1-6-4-7(11)5-9-8(6)2-3-10(9)12/h4-5,10H,2-3,12H2,1H3/t10-/m1/s1. The summed E-state index contributed by atoms with van der Waals surface area (Å²) in [4.78, 5) is 0. The van der Waals surface area contributed by atoms with Gasteiger partial charge in [-0.15, -0.1) is 0 Å². The van der Waals surface area contributed by atoms with Gasteiger partial charge < -0.3 is 5.73 Å². The van der Waals surface area contributed by atoms with E-state index in [1.165, 1.54) is 16.7 Å². The van der Waals surface area contributed by atoms with Crippen molar-refractivity contribution < 1.29 is 0 Å². The molecule has 1 aromatic rings. The Labute approximate surface area is 77.5 Å². The molecule has 1 aliphatic rings. The molecule has 0 heterocycles. The van der Waals surface area contributed by atoms with Crippen LogP contribution in [-0.4, -0.2) is 0 Å². The quantitative estimate of drug-likeness (QED) is 0.654. The smallest absolute Gasteiger partial charge is 0.0412 e. The van der Waals surface area contributed by atoms with Crippen molar-refractivity contribution >= 4 is 11.6 Å². The van der Waals surface area contributed by atoms with E-state index in [0.29, 0.717) is 0 Å². The summed E-state index contributed by atoms with van der Waals surface area (Å²) in [6, 6.07) is 4.22. The number of halogens is 1. The molecule has 0 bridgehead atoms. The van der Waals surface area contributed by atoms with Gasteiger partial charge >= 0.3 is 0 Å². The summed E-state index contributed by atoms with van der Waals surface area (Å²) in [5.41, 5.74) is 9.87. The van der Waals surface area contributed by atoms with Crippen LogP contribution < -0.4 is 5.73 Å². The van der Waals surface area contributed by atoms with Crippen molar-refractivity contribution in [3.8, 4) is 0 Å². The third-order valence-electron chi connectivity index (χ3n) is 2.58. The summed E-state index contributed by atoms with van der Waals surface area (Å²) in [6.07, 6.45) is 2.18. The molecule has 2 heteroatoms. The molecule has 0 amide bonds. The molecule has 1 nitrogen and oxygen atoms in total. The molecule has 0 fully saturated rings. The minimum atomic E-state index is 0.206. The van der Waals surface area contributed by atoms with Crippen molar-refractivity contribution in [2.45, 2.75) is 25.8 Å². The van der Waals surface area contributed by atoms with E-state index in [1.807, 2.05) is 12.1 Å². The number of hydrogen-bond donors (Lipinski definition) is 1. The normalized spacial score (nSPS) is 21.1. The molecular formula is C10H12ClN. The second-order valence-electron chi connectivity index (χ2n) is 3.44. The first kappa shape index (κ1) is 8.09. The number of benzene rings is 1. The highest BCUT2D eigenvalue weighted by Crippen LogP contribution is 2.33. The van der Waals surface area contributed by atoms with Crippen LogP contribution in [0.25, 0.3) is 0 Å². The van der Waals surface area contributed by atoms with Gasteiger partial charge in [0, 0.05) is 11.1 Å². The van der Waals surface area contributed by atoms with Crippen LogP contribution in [0.15, 0.2) is 12.1 Å². The number of hydrogen-bond acceptors (Lipinski definition) is 1. The second kappa shape index (κ2) is 2.75. The van der Waals surface area contributed by atoms with E-state index in [1.54, 1.807) is 0 Å². The maximum atomic E-state index is 5.94. The zero-order valence-corrected chi connectivity index (χ0v) is 7.86. The maximum absolute atomic E-state index is 5.94. The third kappa shape index (κ3) is 1.13. The topological polar surface area (TPSA) is 26.0 Å². The molecule has 0 aliphatic heterocycles. The van der Waals surface area contributed by atoms with Crippen molar-refractivity contribution in [1.29, 1.82) is 0 Å². The summed E-state index contributed by atoms with van der Waals surface area (Å²) in [6.45, 7) is 2.10. The molecule has 0 spiro atoms. The van der Waals surface area contributed by atoms with Gasteiger partial charge in [-0.2, -0.15) is 0 Å². The van der Waals surface area contributed by atoms with Gasteiger partial charge in [-0.25, -0.2) is 0 Å². The van der Waals surface area contributed by atoms with Crippen LogP contribution in [0.1, 0.15) is 29.2 Å². The average Bonchev–Trinajstić information content (AvgIpc) is 2.33. The van der Waals surface area contributed by atoms with Crippen LogP contribution in [-0.2, 0) is 6.42 Å². The lowest BCUT2D eigenvalue weighted by atomic mass is 10.0. The Bertz CT molecular complexity index is 320. The molecule has 1 aromatic carbocycles. The zero-order chi connectivity index (χ0) is 8.72. The highest BCUT2D eigenvalue weighted by atomic mass is 35.5. The predicted octanol–water partition coefficient (Wildman–Crippen LogP) is 2.59. The molecule has 0 radical (unpaired) electrons. The van der Waals surface area contributed by atoms with Gasteiger partial charge in [-0.1, -0.05) is 11.6 Å². The lowest BCUT2D eigenvalue weighted by Gasteiger charge is -2.07. The van der Waals surface area contributed by atoms with Gasteiger partial charge in [-0.3, -0.25) is 0 Å². The number of fused-ring (bicyclic) bond motifs is 1. The first-order valence-electron chi connectivity index (χ1n) is 4.23. The lowest BCUT2D eigenvalue weighted by molar-refractivity contribution is 0.713. The monoisotopic (exact) mass is 181 g/mol. The summed E-state index contributed by atoms with van der Waals surface area (Å²) >= 11 is 5.94. The number of aryl methyl sites for hydroxylation is 1. The fourth-order valence-corrected chi connectivity index (χ4v) is 2.21. The average molecular weight is 182 g/mol. The Morgan fingerprint density at radius 1 is 1.50 bits per heavy atom. The van der Waals surface area contributed by atoms with Crippen molar-refractivity contribution in [2.75, 3.05) is 0 Å². The molecule has 0 unspecified atom stereocenters. The molecule has 2 rings (SSSR count). The summed E-state index contributed by atoms with van der Waals surface area (Å²) < 4.78 is 0. The van der Waals surface area contributed by atoms with Gasteiger partial charge in [-0.05, 0) is 48.6 Å². The van der Waals surface area contributed by atoms with E-state index >= 15 is 0 Å². The Balaban J connectivity index is 2.60. The van der Waals surface area contributed by atoms with Gasteiger partial charge in [0.1, 0.15) is 0 Å². The molecule has 64 valence electrons. The number of nitrogens with two attached hydrogens (primary N) is 1. The van der Waals surface area contributed by atoms with E-state index < -0.39 is 0 Å². The van der Waals surface area contributed by atoms with Gasteiger partial charge in [0.05, 0.1) is 0 Å². The number of rotatable bonds is 0. The summed E-state index contributed by atoms with van der Waals surface area (Å²) in [7, 11) is 0. The minimum Gasteiger partial charge on any atom is -0.324 e. The van der Waals surface area contributed by atoms with Crippen LogP contribution in [0.2, 0.25) is 5.02 Å². The van der Waals surface area contributed by atoms with E-state index in [0.717, 1.165) is 17.9 Å². The molecule has 0 aromatic heterocycles. The van der Waals surface area contributed by atoms with Gasteiger partial charge in [0.15, 0.2) is 0 Å². The molecule has 2 N–H and O–H groups in total. The predicted molar refractivity (Wildman–Crippen MR) is 51.4 cm³/mol. The van der Waals surface area contributed by atoms with Crippen LogP contribution in [0.3, 0.4) is 0 Å². The van der Waals surface area contributed by atoms with E-state index in [4.69, 9.17) is 17.3 Å². The van der Waals surface area contributed by atoms with Crippen molar-refractivity contribution in [1.82, 2.24) is 0 Å². The van der Waals surface area contributed by atoms with Crippen LogP contribution >= 0.6 is 11.6 Å². The lowest BCUT2D eigenvalue weighted by Crippen LogP contribution is -2.05. The van der Waals surface area contributed by atoms with Crippen LogP contribution in [0.5, 0.6) is 0 Å². The SMILES string of the molecule is Cc1cc(Cl)cc2c1CC[C@H]2N. The second-order valence-corrected chi connectivity index (χ2v) is 3.87. The molecule has 1 aliphatic carbocycles. The first-order valence-corrected chi connectivity index (χ1v) is 4.61. The summed E-state index contributed by atoms with van der Waals surface area (Å²) in [5, 5.41) is 0.809. The fourth-order valence-electron chi connectivity index (χ4n) is 1.93. The molecular weight excluding hydrogens is 170 g/mol. The largest absolute Gasteiger partial charge is 0.324 e. The maximum Gasteiger partial charge on any atom is 0.0412 e. The van der Waals surface area contributed by atoms with E-state index in [2.05, 4.69) is 6.92 Å². The van der Waals surface area contributed by atoms with Gasteiger partial charge in [0.2, 0.25) is 0 Å². The minimum absolute atomic E-state index is 0.206. The first-order chi connectivity index (χ1) is 5.68. The summed E-state index contributed by atoms with van der Waals surface area (Å²) in [5.74, 6) is 0. The Morgan fingerprint density at radius 3 is 3.00 bits per heavy atom. The molecule has 0 saturated carbocycles.